The zero-order valence-electron chi connectivity index (χ0n) is 13.4. The highest BCUT2D eigenvalue weighted by atomic mass is 32.1. The van der Waals surface area contributed by atoms with Gasteiger partial charge >= 0.3 is 0 Å². The summed E-state index contributed by atoms with van der Waals surface area (Å²) in [6.45, 7) is 4.09. The van der Waals surface area contributed by atoms with Crippen molar-refractivity contribution in [3.63, 3.8) is 0 Å². The standard InChI is InChI=1S/C20H15FN2S/c1-13-7-8-17(14(2)9-13)19-12-24-20(23-19)16(11-22)10-15-5-3-4-6-18(15)21/h3-10,12H,1-2H3. The lowest BCUT2D eigenvalue weighted by molar-refractivity contribution is 0.625. The summed E-state index contributed by atoms with van der Waals surface area (Å²) >= 11 is 1.39. The molecular formula is C20H15FN2S. The number of nitrogens with zero attached hydrogens (tertiary/aromatic N) is 2. The van der Waals surface area contributed by atoms with Crippen LogP contribution in [0.4, 0.5) is 4.39 Å². The third-order valence-corrected chi connectivity index (χ3v) is 4.59. The van der Waals surface area contributed by atoms with Gasteiger partial charge in [0.15, 0.2) is 0 Å². The number of allylic oxidation sites excluding steroid dienone is 1. The second kappa shape index (κ2) is 6.77. The summed E-state index contributed by atoms with van der Waals surface area (Å²) in [4.78, 5) is 4.57. The smallest absolute Gasteiger partial charge is 0.134 e. The van der Waals surface area contributed by atoms with Gasteiger partial charge in [-0.15, -0.1) is 11.3 Å². The van der Waals surface area contributed by atoms with E-state index in [1.165, 1.54) is 23.0 Å². The maximum atomic E-state index is 13.8. The van der Waals surface area contributed by atoms with E-state index < -0.39 is 0 Å². The minimum Gasteiger partial charge on any atom is -0.235 e. The fourth-order valence-corrected chi connectivity index (χ4v) is 3.30. The number of aryl methyl sites for hydroxylation is 2. The Morgan fingerprint density at radius 3 is 2.71 bits per heavy atom. The van der Waals surface area contributed by atoms with Crippen LogP contribution >= 0.6 is 11.3 Å². The minimum atomic E-state index is -0.351. The highest BCUT2D eigenvalue weighted by Gasteiger charge is 2.11. The summed E-state index contributed by atoms with van der Waals surface area (Å²) in [5.74, 6) is -0.351. The van der Waals surface area contributed by atoms with Crippen LogP contribution in [0, 0.1) is 31.0 Å². The Balaban J connectivity index is 2.00. The van der Waals surface area contributed by atoms with Crippen molar-refractivity contribution in [2.45, 2.75) is 13.8 Å². The van der Waals surface area contributed by atoms with E-state index in [0.29, 0.717) is 16.1 Å². The van der Waals surface area contributed by atoms with Crippen molar-refractivity contribution < 1.29 is 4.39 Å². The first-order chi connectivity index (χ1) is 11.6. The first-order valence-electron chi connectivity index (χ1n) is 7.48. The summed E-state index contributed by atoms with van der Waals surface area (Å²) in [7, 11) is 0. The molecule has 0 aliphatic heterocycles. The summed E-state index contributed by atoms with van der Waals surface area (Å²) < 4.78 is 13.8. The average Bonchev–Trinajstić information content (AvgIpc) is 3.03. The van der Waals surface area contributed by atoms with E-state index in [2.05, 4.69) is 17.1 Å². The molecule has 3 rings (SSSR count). The Labute approximate surface area is 144 Å². The van der Waals surface area contributed by atoms with Gasteiger partial charge < -0.3 is 0 Å². The van der Waals surface area contributed by atoms with Crippen molar-refractivity contribution in [2.24, 2.45) is 0 Å². The molecule has 1 aromatic heterocycles. The highest BCUT2D eigenvalue weighted by molar-refractivity contribution is 7.11. The van der Waals surface area contributed by atoms with Crippen molar-refractivity contribution in [1.82, 2.24) is 4.98 Å². The third-order valence-electron chi connectivity index (χ3n) is 3.72. The second-order valence-electron chi connectivity index (χ2n) is 5.55. The van der Waals surface area contributed by atoms with Crippen molar-refractivity contribution in [2.75, 3.05) is 0 Å². The average molecular weight is 334 g/mol. The fraction of sp³-hybridized carbons (Fsp3) is 0.100. The first kappa shape index (κ1) is 16.1. The van der Waals surface area contributed by atoms with Gasteiger partial charge in [0.2, 0.25) is 0 Å². The minimum absolute atomic E-state index is 0.351. The van der Waals surface area contributed by atoms with Gasteiger partial charge in [0.25, 0.3) is 0 Å². The van der Waals surface area contributed by atoms with Gasteiger partial charge in [0.05, 0.1) is 11.3 Å². The number of aromatic nitrogens is 1. The number of hydrogen-bond acceptors (Lipinski definition) is 3. The largest absolute Gasteiger partial charge is 0.235 e. The molecule has 2 aromatic carbocycles. The Bertz CT molecular complexity index is 964. The lowest BCUT2D eigenvalue weighted by Crippen LogP contribution is -1.87. The summed E-state index contributed by atoms with van der Waals surface area (Å²) in [5, 5.41) is 12.0. The lowest BCUT2D eigenvalue weighted by Gasteiger charge is -2.03. The van der Waals surface area contributed by atoms with Crippen LogP contribution < -0.4 is 0 Å². The molecule has 118 valence electrons. The van der Waals surface area contributed by atoms with Gasteiger partial charge in [-0.3, -0.25) is 0 Å². The molecule has 0 atom stereocenters. The first-order valence-corrected chi connectivity index (χ1v) is 8.36. The van der Waals surface area contributed by atoms with E-state index >= 15 is 0 Å². The molecule has 0 saturated carbocycles. The maximum absolute atomic E-state index is 13.8. The van der Waals surface area contributed by atoms with Crippen LogP contribution in [0.1, 0.15) is 21.7 Å². The Morgan fingerprint density at radius 2 is 2.00 bits per heavy atom. The van der Waals surface area contributed by atoms with E-state index in [9.17, 15) is 9.65 Å². The third kappa shape index (κ3) is 3.27. The molecule has 0 saturated heterocycles. The molecule has 1 heterocycles. The SMILES string of the molecule is Cc1ccc(-c2csc(C(C#N)=Cc3ccccc3F)n2)c(C)c1. The van der Waals surface area contributed by atoms with Crippen molar-refractivity contribution in [3.05, 3.63) is 75.4 Å². The van der Waals surface area contributed by atoms with Crippen LogP contribution in [0.25, 0.3) is 22.9 Å². The van der Waals surface area contributed by atoms with E-state index in [1.54, 1.807) is 24.3 Å². The molecule has 3 aromatic rings. The molecule has 0 spiro atoms. The van der Waals surface area contributed by atoms with Gasteiger partial charge in [-0.05, 0) is 31.6 Å². The maximum Gasteiger partial charge on any atom is 0.134 e. The van der Waals surface area contributed by atoms with Crippen molar-refractivity contribution in [1.29, 1.82) is 5.26 Å². The Morgan fingerprint density at radius 1 is 1.21 bits per heavy atom. The number of rotatable bonds is 3. The van der Waals surface area contributed by atoms with Crippen molar-refractivity contribution in [3.8, 4) is 17.3 Å². The van der Waals surface area contributed by atoms with E-state index in [1.807, 2.05) is 31.4 Å². The molecule has 0 aliphatic rings. The van der Waals surface area contributed by atoms with Gasteiger partial charge in [0, 0.05) is 16.5 Å². The molecule has 0 aliphatic carbocycles. The zero-order valence-corrected chi connectivity index (χ0v) is 14.2. The van der Waals surface area contributed by atoms with Gasteiger partial charge in [-0.25, -0.2) is 9.37 Å². The van der Waals surface area contributed by atoms with E-state index in [4.69, 9.17) is 0 Å². The summed E-state index contributed by atoms with van der Waals surface area (Å²) in [5.41, 5.74) is 4.97. The molecule has 0 N–H and O–H groups in total. The topological polar surface area (TPSA) is 36.7 Å². The quantitative estimate of drug-likeness (QED) is 0.582. The van der Waals surface area contributed by atoms with Crippen LogP contribution in [-0.4, -0.2) is 4.98 Å². The molecule has 4 heteroatoms. The number of thiazole rings is 1. The zero-order chi connectivity index (χ0) is 17.1. The molecule has 0 fully saturated rings. The molecular weight excluding hydrogens is 319 g/mol. The number of hydrogen-bond donors (Lipinski definition) is 0. The van der Waals surface area contributed by atoms with Crippen LogP contribution in [-0.2, 0) is 0 Å². The Kier molecular flexibility index (Phi) is 4.54. The second-order valence-corrected chi connectivity index (χ2v) is 6.41. The molecule has 24 heavy (non-hydrogen) atoms. The number of benzene rings is 2. The van der Waals surface area contributed by atoms with E-state index in [0.717, 1.165) is 16.8 Å². The lowest BCUT2D eigenvalue weighted by atomic mass is 10.0. The van der Waals surface area contributed by atoms with Crippen LogP contribution in [0.3, 0.4) is 0 Å². The summed E-state index contributed by atoms with van der Waals surface area (Å²) in [6.07, 6.45) is 1.54. The van der Waals surface area contributed by atoms with Gasteiger partial charge in [0.1, 0.15) is 16.9 Å². The van der Waals surface area contributed by atoms with Crippen molar-refractivity contribution >= 4 is 23.0 Å². The summed E-state index contributed by atoms with van der Waals surface area (Å²) in [6, 6.07) is 14.7. The predicted molar refractivity (Wildman–Crippen MR) is 96.9 cm³/mol. The molecule has 2 nitrogen and oxygen atoms in total. The highest BCUT2D eigenvalue weighted by Crippen LogP contribution is 2.29. The monoisotopic (exact) mass is 334 g/mol. The molecule has 0 amide bonds. The van der Waals surface area contributed by atoms with Gasteiger partial charge in [-0.1, -0.05) is 42.0 Å². The fourth-order valence-electron chi connectivity index (χ4n) is 2.51. The Hall–Kier alpha value is -2.77. The predicted octanol–water partition coefficient (Wildman–Crippen LogP) is 5.63. The number of halogens is 1. The molecule has 0 bridgehead atoms. The van der Waals surface area contributed by atoms with Gasteiger partial charge in [-0.2, -0.15) is 5.26 Å². The van der Waals surface area contributed by atoms with Crippen LogP contribution in [0.15, 0.2) is 47.8 Å². The number of nitriles is 1. The molecule has 0 unspecified atom stereocenters. The van der Waals surface area contributed by atoms with Crippen LogP contribution in [0.5, 0.6) is 0 Å². The van der Waals surface area contributed by atoms with Crippen LogP contribution in [0.2, 0.25) is 0 Å². The van der Waals surface area contributed by atoms with E-state index in [-0.39, 0.29) is 5.82 Å². The molecule has 0 radical (unpaired) electrons. The normalized spacial score (nSPS) is 11.3.